The van der Waals surface area contributed by atoms with Crippen molar-refractivity contribution in [1.82, 2.24) is 9.55 Å². The van der Waals surface area contributed by atoms with E-state index in [1.807, 2.05) is 29.0 Å². The summed E-state index contributed by atoms with van der Waals surface area (Å²) in [6.07, 6.45) is 2.90. The van der Waals surface area contributed by atoms with E-state index in [2.05, 4.69) is 43.8 Å². The molecule has 0 unspecified atom stereocenters. The zero-order valence-electron chi connectivity index (χ0n) is 8.63. The number of aromatic amines is 1. The minimum absolute atomic E-state index is 0.722. The van der Waals surface area contributed by atoms with Crippen molar-refractivity contribution in [2.45, 2.75) is 13.3 Å². The summed E-state index contributed by atoms with van der Waals surface area (Å²) in [7, 11) is 0. The summed E-state index contributed by atoms with van der Waals surface area (Å²) in [6.45, 7) is 2.11. The molecule has 0 saturated carbocycles. The number of nitrogens with one attached hydrogen (secondary N) is 1. The van der Waals surface area contributed by atoms with E-state index in [9.17, 15) is 0 Å². The number of aromatic nitrogens is 2. The Labute approximate surface area is 116 Å². The molecule has 84 valence electrons. The first-order valence-corrected chi connectivity index (χ1v) is 6.87. The average molecular weight is 362 g/mol. The fourth-order valence-electron chi connectivity index (χ4n) is 1.59. The molecule has 0 amide bonds. The molecule has 0 aliphatic heterocycles. The first kappa shape index (κ1) is 12.1. The average Bonchev–Trinajstić information content (AvgIpc) is 2.60. The molecule has 2 aromatic rings. The van der Waals surface area contributed by atoms with Gasteiger partial charge in [0.15, 0.2) is 4.77 Å². The molecule has 1 heterocycles. The Balaban J connectivity index is 2.67. The third-order valence-electron chi connectivity index (χ3n) is 2.37. The summed E-state index contributed by atoms with van der Waals surface area (Å²) in [5.74, 6) is 0. The van der Waals surface area contributed by atoms with Gasteiger partial charge in [-0.1, -0.05) is 22.9 Å². The highest BCUT2D eigenvalue weighted by molar-refractivity contribution is 9.11. The predicted octanol–water partition coefficient (Wildman–Crippen LogP) is 4.62. The van der Waals surface area contributed by atoms with Crippen LogP contribution in [0.15, 0.2) is 33.3 Å². The van der Waals surface area contributed by atoms with Crippen LogP contribution in [0.4, 0.5) is 0 Å². The van der Waals surface area contributed by atoms with Gasteiger partial charge in [-0.25, -0.2) is 0 Å². The highest BCUT2D eigenvalue weighted by Crippen LogP contribution is 2.26. The number of nitrogens with zero attached hydrogens (tertiary/aromatic N) is 1. The van der Waals surface area contributed by atoms with Crippen LogP contribution in [0.25, 0.3) is 5.69 Å². The summed E-state index contributed by atoms with van der Waals surface area (Å²) < 4.78 is 4.83. The third kappa shape index (κ3) is 2.17. The monoisotopic (exact) mass is 360 g/mol. The van der Waals surface area contributed by atoms with Crippen LogP contribution < -0.4 is 0 Å². The fourth-order valence-corrected chi connectivity index (χ4v) is 3.09. The number of benzene rings is 1. The van der Waals surface area contributed by atoms with Gasteiger partial charge in [-0.3, -0.25) is 4.57 Å². The number of aryl methyl sites for hydroxylation is 1. The van der Waals surface area contributed by atoms with Crippen molar-refractivity contribution < 1.29 is 0 Å². The Hall–Kier alpha value is -0.390. The Morgan fingerprint density at radius 1 is 1.38 bits per heavy atom. The molecule has 1 aromatic carbocycles. The lowest BCUT2D eigenvalue weighted by Gasteiger charge is -2.09. The third-order valence-corrected chi connectivity index (χ3v) is 3.79. The Morgan fingerprint density at radius 3 is 2.75 bits per heavy atom. The van der Waals surface area contributed by atoms with Crippen LogP contribution >= 0.6 is 44.1 Å². The van der Waals surface area contributed by atoms with E-state index in [1.165, 1.54) is 5.69 Å². The van der Waals surface area contributed by atoms with Crippen molar-refractivity contribution in [2.75, 3.05) is 0 Å². The van der Waals surface area contributed by atoms with Gasteiger partial charge < -0.3 is 4.98 Å². The van der Waals surface area contributed by atoms with E-state index >= 15 is 0 Å². The van der Waals surface area contributed by atoms with Crippen LogP contribution in [0, 0.1) is 4.77 Å². The van der Waals surface area contributed by atoms with Crippen LogP contribution in [0.3, 0.4) is 0 Å². The highest BCUT2D eigenvalue weighted by Gasteiger charge is 2.08. The maximum Gasteiger partial charge on any atom is 0.182 e. The molecule has 0 bridgehead atoms. The van der Waals surface area contributed by atoms with Crippen molar-refractivity contribution in [3.8, 4) is 5.69 Å². The maximum absolute atomic E-state index is 5.29. The second-order valence-electron chi connectivity index (χ2n) is 3.37. The molecule has 1 N–H and O–H groups in total. The lowest BCUT2D eigenvalue weighted by atomic mass is 10.3. The molecule has 0 aliphatic carbocycles. The Bertz CT molecular complexity index is 572. The number of hydrogen-bond acceptors (Lipinski definition) is 1. The summed E-state index contributed by atoms with van der Waals surface area (Å²) in [5, 5.41) is 0. The SMILES string of the molecule is CCc1c[nH]c(=S)n1-c1ccc(Br)cc1Br. The Kier molecular flexibility index (Phi) is 3.66. The number of H-pyrrole nitrogens is 1. The van der Waals surface area contributed by atoms with Gasteiger partial charge in [0.05, 0.1) is 5.69 Å². The molecule has 5 heteroatoms. The van der Waals surface area contributed by atoms with Crippen LogP contribution in [0.5, 0.6) is 0 Å². The van der Waals surface area contributed by atoms with E-state index in [0.29, 0.717) is 0 Å². The second kappa shape index (κ2) is 4.85. The minimum atomic E-state index is 0.722. The number of imidazole rings is 1. The molecule has 0 fully saturated rings. The highest BCUT2D eigenvalue weighted by atomic mass is 79.9. The van der Waals surface area contributed by atoms with Gasteiger partial charge in [0.2, 0.25) is 0 Å². The molecule has 0 radical (unpaired) electrons. The van der Waals surface area contributed by atoms with Crippen LogP contribution in [0.2, 0.25) is 0 Å². The normalized spacial score (nSPS) is 10.7. The van der Waals surface area contributed by atoms with Gasteiger partial charge in [-0.2, -0.15) is 0 Å². The summed E-state index contributed by atoms with van der Waals surface area (Å²) >= 11 is 12.3. The molecular weight excluding hydrogens is 352 g/mol. The topological polar surface area (TPSA) is 20.7 Å². The lowest BCUT2D eigenvalue weighted by Crippen LogP contribution is -2.00. The molecule has 2 rings (SSSR count). The van der Waals surface area contributed by atoms with Crippen LogP contribution in [-0.2, 0) is 6.42 Å². The van der Waals surface area contributed by atoms with Gasteiger partial charge in [-0.05, 0) is 52.8 Å². The molecule has 2 nitrogen and oxygen atoms in total. The summed E-state index contributed by atoms with van der Waals surface area (Å²) in [5.41, 5.74) is 2.24. The van der Waals surface area contributed by atoms with E-state index < -0.39 is 0 Å². The van der Waals surface area contributed by atoms with Crippen molar-refractivity contribution >= 4 is 44.1 Å². The smallest absolute Gasteiger partial charge is 0.182 e. The maximum atomic E-state index is 5.29. The van der Waals surface area contributed by atoms with E-state index in [4.69, 9.17) is 12.2 Å². The zero-order chi connectivity index (χ0) is 11.7. The Morgan fingerprint density at radius 2 is 2.12 bits per heavy atom. The van der Waals surface area contributed by atoms with Crippen molar-refractivity contribution in [2.24, 2.45) is 0 Å². The quantitative estimate of drug-likeness (QED) is 0.774. The zero-order valence-corrected chi connectivity index (χ0v) is 12.6. The summed E-state index contributed by atoms with van der Waals surface area (Å²) in [6, 6.07) is 6.06. The molecule has 0 spiro atoms. The van der Waals surface area contributed by atoms with Gasteiger partial charge >= 0.3 is 0 Å². The van der Waals surface area contributed by atoms with Crippen molar-refractivity contribution in [3.05, 3.63) is 43.8 Å². The van der Waals surface area contributed by atoms with Gasteiger partial charge in [0, 0.05) is 20.8 Å². The van der Waals surface area contributed by atoms with Crippen molar-refractivity contribution in [3.63, 3.8) is 0 Å². The van der Waals surface area contributed by atoms with Gasteiger partial charge in [-0.15, -0.1) is 0 Å². The lowest BCUT2D eigenvalue weighted by molar-refractivity contribution is 0.918. The fraction of sp³-hybridized carbons (Fsp3) is 0.182. The summed E-state index contributed by atoms with van der Waals surface area (Å²) in [4.78, 5) is 3.07. The van der Waals surface area contributed by atoms with E-state index in [0.717, 1.165) is 25.8 Å². The molecule has 1 aromatic heterocycles. The largest absolute Gasteiger partial charge is 0.337 e. The number of rotatable bonds is 2. The van der Waals surface area contributed by atoms with Gasteiger partial charge in [0.25, 0.3) is 0 Å². The van der Waals surface area contributed by atoms with Crippen LogP contribution in [0.1, 0.15) is 12.6 Å². The minimum Gasteiger partial charge on any atom is -0.337 e. The molecule has 0 atom stereocenters. The molecule has 0 saturated heterocycles. The van der Waals surface area contributed by atoms with E-state index in [-0.39, 0.29) is 0 Å². The van der Waals surface area contributed by atoms with E-state index in [1.54, 1.807) is 0 Å². The second-order valence-corrected chi connectivity index (χ2v) is 5.53. The molecule has 0 aliphatic rings. The molecular formula is C11H10Br2N2S. The van der Waals surface area contributed by atoms with Gasteiger partial charge in [0.1, 0.15) is 0 Å². The van der Waals surface area contributed by atoms with Crippen molar-refractivity contribution in [1.29, 1.82) is 0 Å². The first-order chi connectivity index (χ1) is 7.63. The standard InChI is InChI=1S/C11H10Br2N2S/c1-2-8-6-14-11(16)15(8)10-4-3-7(12)5-9(10)13/h3-6H,2H2,1H3,(H,14,16). The van der Waals surface area contributed by atoms with Crippen LogP contribution in [-0.4, -0.2) is 9.55 Å². The number of hydrogen-bond donors (Lipinski definition) is 1. The number of halogens is 2. The molecule has 16 heavy (non-hydrogen) atoms. The predicted molar refractivity (Wildman–Crippen MR) is 75.7 cm³/mol. The first-order valence-electron chi connectivity index (χ1n) is 4.88.